The summed E-state index contributed by atoms with van der Waals surface area (Å²) in [6, 6.07) is 6.57. The molecule has 1 N–H and O–H groups in total. The van der Waals surface area contributed by atoms with Gasteiger partial charge in [0.1, 0.15) is 5.57 Å². The maximum atomic E-state index is 12.0. The molecule has 20 heavy (non-hydrogen) atoms. The third-order valence-corrected chi connectivity index (χ3v) is 3.65. The minimum Gasteiger partial charge on any atom is -0.503 e. The van der Waals surface area contributed by atoms with Crippen LogP contribution in [-0.4, -0.2) is 35.5 Å². The number of ether oxygens (including phenoxy) is 1. The van der Waals surface area contributed by atoms with Gasteiger partial charge in [0.25, 0.3) is 5.91 Å². The van der Waals surface area contributed by atoms with Gasteiger partial charge in [0.2, 0.25) is 0 Å². The number of carbonyl (C=O) groups excluding carboxylic acids is 2. The zero-order chi connectivity index (χ0) is 14.9. The van der Waals surface area contributed by atoms with Gasteiger partial charge in [-0.3, -0.25) is 4.79 Å². The molecule has 106 valence electrons. The van der Waals surface area contributed by atoms with E-state index in [0.717, 1.165) is 10.0 Å². The molecule has 0 aromatic heterocycles. The molecule has 5 nitrogen and oxygen atoms in total. The SMILES string of the molecule is CCOC(=O)C1=C(O)C(=O)N(C)C1c1ccc(Br)cc1. The molecule has 1 amide bonds. The van der Waals surface area contributed by atoms with Crippen molar-refractivity contribution in [3.63, 3.8) is 0 Å². The molecule has 0 radical (unpaired) electrons. The Morgan fingerprint density at radius 2 is 2.00 bits per heavy atom. The van der Waals surface area contributed by atoms with Crippen LogP contribution >= 0.6 is 15.9 Å². The number of hydrogen-bond donors (Lipinski definition) is 1. The number of rotatable bonds is 3. The number of amides is 1. The van der Waals surface area contributed by atoms with Crippen molar-refractivity contribution in [2.24, 2.45) is 0 Å². The predicted octanol–water partition coefficient (Wildman–Crippen LogP) is 2.34. The molecule has 0 spiro atoms. The lowest BCUT2D eigenvalue weighted by Gasteiger charge is -2.22. The van der Waals surface area contributed by atoms with Gasteiger partial charge in [0.05, 0.1) is 12.6 Å². The van der Waals surface area contributed by atoms with E-state index in [1.807, 2.05) is 12.1 Å². The fourth-order valence-electron chi connectivity index (χ4n) is 2.18. The second-order valence-corrected chi connectivity index (χ2v) is 5.27. The van der Waals surface area contributed by atoms with Gasteiger partial charge in [-0.1, -0.05) is 28.1 Å². The Morgan fingerprint density at radius 3 is 2.55 bits per heavy atom. The van der Waals surface area contributed by atoms with Gasteiger partial charge in [-0.15, -0.1) is 0 Å². The highest BCUT2D eigenvalue weighted by Gasteiger charge is 2.42. The van der Waals surface area contributed by atoms with Gasteiger partial charge >= 0.3 is 5.97 Å². The molecule has 1 aliphatic heterocycles. The van der Waals surface area contributed by atoms with E-state index in [4.69, 9.17) is 4.74 Å². The Hall–Kier alpha value is -1.82. The van der Waals surface area contributed by atoms with Gasteiger partial charge < -0.3 is 14.7 Å². The molecule has 0 aliphatic carbocycles. The Balaban J connectivity index is 2.46. The lowest BCUT2D eigenvalue weighted by atomic mass is 10.00. The van der Waals surface area contributed by atoms with Crippen LogP contribution in [-0.2, 0) is 14.3 Å². The summed E-state index contributed by atoms with van der Waals surface area (Å²) in [5.74, 6) is -1.80. The molecular formula is C14H14BrNO4. The molecule has 0 saturated heterocycles. The fraction of sp³-hybridized carbons (Fsp3) is 0.286. The van der Waals surface area contributed by atoms with Crippen LogP contribution in [0.3, 0.4) is 0 Å². The van der Waals surface area contributed by atoms with Crippen LogP contribution in [0.25, 0.3) is 0 Å². The highest BCUT2D eigenvalue weighted by molar-refractivity contribution is 9.10. The summed E-state index contributed by atoms with van der Waals surface area (Å²) in [5.41, 5.74) is 0.720. The van der Waals surface area contributed by atoms with Crippen LogP contribution in [0, 0.1) is 0 Å². The first kappa shape index (κ1) is 14.6. The average Bonchev–Trinajstić information content (AvgIpc) is 2.64. The van der Waals surface area contributed by atoms with Crippen molar-refractivity contribution >= 4 is 27.8 Å². The third kappa shape index (κ3) is 2.43. The highest BCUT2D eigenvalue weighted by Crippen LogP contribution is 2.36. The molecule has 1 aliphatic rings. The number of esters is 1. The molecule has 0 fully saturated rings. The minimum absolute atomic E-state index is 0.0123. The molecule has 0 saturated carbocycles. The van der Waals surface area contributed by atoms with E-state index in [0.29, 0.717) is 0 Å². The first-order valence-corrected chi connectivity index (χ1v) is 6.89. The second-order valence-electron chi connectivity index (χ2n) is 4.35. The highest BCUT2D eigenvalue weighted by atomic mass is 79.9. The van der Waals surface area contributed by atoms with Crippen LogP contribution in [0.15, 0.2) is 40.1 Å². The van der Waals surface area contributed by atoms with E-state index in [-0.39, 0.29) is 12.2 Å². The van der Waals surface area contributed by atoms with Crippen LogP contribution < -0.4 is 0 Å². The number of halogens is 1. The van der Waals surface area contributed by atoms with E-state index in [1.54, 1.807) is 19.1 Å². The number of carbonyl (C=O) groups is 2. The van der Waals surface area contributed by atoms with Gasteiger partial charge in [0, 0.05) is 11.5 Å². The number of aliphatic hydroxyl groups is 1. The van der Waals surface area contributed by atoms with Gasteiger partial charge in [-0.05, 0) is 24.6 Å². The summed E-state index contributed by atoms with van der Waals surface area (Å²) in [7, 11) is 1.54. The van der Waals surface area contributed by atoms with Crippen molar-refractivity contribution in [2.75, 3.05) is 13.7 Å². The maximum Gasteiger partial charge on any atom is 0.340 e. The standard InChI is InChI=1S/C14H14BrNO4/c1-3-20-14(19)10-11(16(2)13(18)12(10)17)8-4-6-9(15)7-5-8/h4-7,11,17H,3H2,1-2H3. The molecule has 1 atom stereocenters. The minimum atomic E-state index is -0.671. The topological polar surface area (TPSA) is 66.8 Å². The normalized spacial score (nSPS) is 18.6. The van der Waals surface area contributed by atoms with Crippen molar-refractivity contribution in [1.29, 1.82) is 0 Å². The van der Waals surface area contributed by atoms with Crippen molar-refractivity contribution < 1.29 is 19.4 Å². The van der Waals surface area contributed by atoms with E-state index in [2.05, 4.69) is 15.9 Å². The smallest absolute Gasteiger partial charge is 0.340 e. The lowest BCUT2D eigenvalue weighted by Crippen LogP contribution is -2.27. The second kappa shape index (κ2) is 5.66. The first-order chi connectivity index (χ1) is 9.47. The van der Waals surface area contributed by atoms with Crippen molar-refractivity contribution in [2.45, 2.75) is 13.0 Å². The summed E-state index contributed by atoms with van der Waals surface area (Å²) in [6.45, 7) is 1.85. The Kier molecular flexibility index (Phi) is 4.13. The van der Waals surface area contributed by atoms with Crippen LogP contribution in [0.2, 0.25) is 0 Å². The van der Waals surface area contributed by atoms with Crippen LogP contribution in [0.1, 0.15) is 18.5 Å². The molecule has 1 aromatic carbocycles. The predicted molar refractivity (Wildman–Crippen MR) is 75.9 cm³/mol. The third-order valence-electron chi connectivity index (χ3n) is 3.12. The quantitative estimate of drug-likeness (QED) is 0.858. The Bertz CT molecular complexity index is 579. The summed E-state index contributed by atoms with van der Waals surface area (Å²) in [4.78, 5) is 25.2. The Morgan fingerprint density at radius 1 is 1.40 bits per heavy atom. The zero-order valence-corrected chi connectivity index (χ0v) is 12.7. The monoisotopic (exact) mass is 339 g/mol. The van der Waals surface area contributed by atoms with Crippen LogP contribution in [0.5, 0.6) is 0 Å². The number of benzene rings is 1. The lowest BCUT2D eigenvalue weighted by molar-refractivity contribution is -0.139. The number of likely N-dealkylation sites (N-methyl/N-ethyl adjacent to an activating group) is 1. The molecule has 0 bridgehead atoms. The van der Waals surface area contributed by atoms with Crippen molar-refractivity contribution in [3.05, 3.63) is 45.6 Å². The largest absolute Gasteiger partial charge is 0.503 e. The Labute approximate surface area is 125 Å². The van der Waals surface area contributed by atoms with Crippen LogP contribution in [0.4, 0.5) is 0 Å². The van der Waals surface area contributed by atoms with E-state index >= 15 is 0 Å². The summed E-state index contributed by atoms with van der Waals surface area (Å²) in [6.07, 6.45) is 0. The van der Waals surface area contributed by atoms with Gasteiger partial charge in [-0.25, -0.2) is 4.79 Å². The summed E-state index contributed by atoms with van der Waals surface area (Å²) < 4.78 is 5.81. The van der Waals surface area contributed by atoms with Crippen molar-refractivity contribution in [3.8, 4) is 0 Å². The van der Waals surface area contributed by atoms with Crippen molar-refractivity contribution in [1.82, 2.24) is 4.90 Å². The molecular weight excluding hydrogens is 326 g/mol. The fourth-order valence-corrected chi connectivity index (χ4v) is 2.44. The molecule has 2 rings (SSSR count). The zero-order valence-electron chi connectivity index (χ0n) is 11.1. The van der Waals surface area contributed by atoms with E-state index in [1.165, 1.54) is 11.9 Å². The maximum absolute atomic E-state index is 12.0. The average molecular weight is 340 g/mol. The molecule has 1 heterocycles. The first-order valence-electron chi connectivity index (χ1n) is 6.10. The molecule has 1 aromatic rings. The van der Waals surface area contributed by atoms with Gasteiger partial charge in [-0.2, -0.15) is 0 Å². The summed E-state index contributed by atoms with van der Waals surface area (Å²) in [5, 5.41) is 9.89. The number of aliphatic hydroxyl groups excluding tert-OH is 1. The van der Waals surface area contributed by atoms with E-state index in [9.17, 15) is 14.7 Å². The summed E-state index contributed by atoms with van der Waals surface area (Å²) >= 11 is 3.33. The van der Waals surface area contributed by atoms with Gasteiger partial charge in [0.15, 0.2) is 5.76 Å². The van der Waals surface area contributed by atoms with E-state index < -0.39 is 23.7 Å². The number of nitrogens with zero attached hydrogens (tertiary/aromatic N) is 1. The number of hydrogen-bond acceptors (Lipinski definition) is 4. The molecule has 6 heteroatoms. The molecule has 1 unspecified atom stereocenters.